The fourth-order valence-electron chi connectivity index (χ4n) is 3.56. The van der Waals surface area contributed by atoms with Crippen LogP contribution in [0.4, 0.5) is 14.9 Å². The van der Waals surface area contributed by atoms with E-state index in [9.17, 15) is 14.0 Å². The minimum Gasteiger partial charge on any atom is -0.494 e. The molecule has 0 atom stereocenters. The highest BCUT2D eigenvalue weighted by Gasteiger charge is 2.24. The summed E-state index contributed by atoms with van der Waals surface area (Å²) in [6, 6.07) is 13.2. The van der Waals surface area contributed by atoms with Gasteiger partial charge in [0.05, 0.1) is 24.4 Å². The number of aromatic nitrogens is 2. The second-order valence-corrected chi connectivity index (χ2v) is 7.27. The number of anilines is 1. The zero-order valence-electron chi connectivity index (χ0n) is 17.2. The maximum atomic E-state index is 13.9. The van der Waals surface area contributed by atoms with E-state index in [0.717, 1.165) is 5.75 Å². The monoisotopic (exact) mass is 422 g/mol. The number of halogens is 1. The number of hydrogen-bond acceptors (Lipinski definition) is 4. The summed E-state index contributed by atoms with van der Waals surface area (Å²) in [5.41, 5.74) is 1.93. The average molecular weight is 422 g/mol. The number of fused-ring (bicyclic) bond motifs is 1. The Kier molecular flexibility index (Phi) is 5.97. The molecular formula is C23H23FN4O3. The van der Waals surface area contributed by atoms with Crippen molar-refractivity contribution >= 4 is 11.7 Å². The molecule has 0 fully saturated rings. The first-order chi connectivity index (χ1) is 15.0. The number of aromatic amines is 1. The van der Waals surface area contributed by atoms with Crippen LogP contribution in [-0.2, 0) is 19.4 Å². The van der Waals surface area contributed by atoms with E-state index >= 15 is 0 Å². The van der Waals surface area contributed by atoms with Crippen LogP contribution in [-0.4, -0.2) is 34.1 Å². The lowest BCUT2D eigenvalue weighted by Gasteiger charge is -2.28. The zero-order valence-corrected chi connectivity index (χ0v) is 17.2. The van der Waals surface area contributed by atoms with Crippen LogP contribution in [0.1, 0.15) is 29.6 Å². The predicted octanol–water partition coefficient (Wildman–Crippen LogP) is 3.49. The molecule has 0 bridgehead atoms. The van der Waals surface area contributed by atoms with E-state index in [4.69, 9.17) is 4.74 Å². The molecule has 1 aliphatic rings. The van der Waals surface area contributed by atoms with E-state index in [1.54, 1.807) is 47.4 Å². The van der Waals surface area contributed by atoms with E-state index in [0.29, 0.717) is 47.9 Å². The van der Waals surface area contributed by atoms with E-state index in [-0.39, 0.29) is 30.4 Å². The number of nitrogens with one attached hydrogen (secondary N) is 2. The van der Waals surface area contributed by atoms with Crippen LogP contribution in [0.2, 0.25) is 0 Å². The number of hydrogen-bond donors (Lipinski definition) is 2. The Morgan fingerprint density at radius 2 is 2.00 bits per heavy atom. The molecule has 2 amide bonds. The van der Waals surface area contributed by atoms with Crippen LogP contribution in [0.5, 0.6) is 5.75 Å². The van der Waals surface area contributed by atoms with Crippen LogP contribution in [0.3, 0.4) is 0 Å². The molecule has 0 saturated heterocycles. The normalized spacial score (nSPS) is 12.9. The number of H-pyrrole nitrogens is 1. The second-order valence-electron chi connectivity index (χ2n) is 7.27. The summed E-state index contributed by atoms with van der Waals surface area (Å²) in [4.78, 5) is 34.1. The van der Waals surface area contributed by atoms with Gasteiger partial charge in [0.1, 0.15) is 17.4 Å². The van der Waals surface area contributed by atoms with Crippen LogP contribution >= 0.6 is 0 Å². The van der Waals surface area contributed by atoms with Gasteiger partial charge in [-0.2, -0.15) is 0 Å². The summed E-state index contributed by atoms with van der Waals surface area (Å²) in [5, 5.41) is 2.84. The summed E-state index contributed by atoms with van der Waals surface area (Å²) in [7, 11) is 0. The molecular weight excluding hydrogens is 399 g/mol. The maximum absolute atomic E-state index is 13.9. The van der Waals surface area contributed by atoms with Gasteiger partial charge in [0.2, 0.25) is 0 Å². The van der Waals surface area contributed by atoms with Crippen LogP contribution in [0, 0.1) is 5.82 Å². The molecule has 0 radical (unpaired) electrons. The Morgan fingerprint density at radius 3 is 2.74 bits per heavy atom. The number of carbonyl (C=O) groups is 1. The largest absolute Gasteiger partial charge is 0.494 e. The number of benzene rings is 2. The molecule has 1 aliphatic heterocycles. The summed E-state index contributed by atoms with van der Waals surface area (Å²) in [6.45, 7) is 3.08. The van der Waals surface area contributed by atoms with Crippen molar-refractivity contribution in [1.82, 2.24) is 14.9 Å². The maximum Gasteiger partial charge on any atom is 0.322 e. The Hall–Kier alpha value is -3.68. The molecule has 160 valence electrons. The molecule has 0 saturated carbocycles. The van der Waals surface area contributed by atoms with Crippen LogP contribution in [0.25, 0.3) is 0 Å². The molecule has 0 aliphatic carbocycles. The molecule has 1 aromatic heterocycles. The lowest BCUT2D eigenvalue weighted by atomic mass is 10.1. The van der Waals surface area contributed by atoms with Crippen molar-refractivity contribution in [3.05, 3.63) is 87.3 Å². The summed E-state index contributed by atoms with van der Waals surface area (Å²) >= 11 is 0. The van der Waals surface area contributed by atoms with Gasteiger partial charge in [-0.05, 0) is 42.8 Å². The van der Waals surface area contributed by atoms with Crippen molar-refractivity contribution in [3.63, 3.8) is 0 Å². The lowest BCUT2D eigenvalue weighted by Crippen LogP contribution is -2.42. The number of amides is 2. The van der Waals surface area contributed by atoms with Gasteiger partial charge < -0.3 is 19.9 Å². The lowest BCUT2D eigenvalue weighted by molar-refractivity contribution is 0.205. The SMILES string of the molecule is CCOc1ccc(NC(=O)N2CCc3nc(Cc4ccccc4F)[nH]c(=O)c3C2)cc1. The third-order valence-corrected chi connectivity index (χ3v) is 5.14. The third kappa shape index (κ3) is 4.74. The molecule has 3 aromatic rings. The number of carbonyl (C=O) groups excluding carboxylic acids is 1. The Morgan fingerprint density at radius 1 is 1.23 bits per heavy atom. The van der Waals surface area contributed by atoms with Gasteiger partial charge in [0, 0.05) is 25.1 Å². The highest BCUT2D eigenvalue weighted by molar-refractivity contribution is 5.89. The van der Waals surface area contributed by atoms with Crippen molar-refractivity contribution in [2.24, 2.45) is 0 Å². The van der Waals surface area contributed by atoms with Crippen molar-refractivity contribution < 1.29 is 13.9 Å². The van der Waals surface area contributed by atoms with Gasteiger partial charge in [0.15, 0.2) is 0 Å². The Balaban J connectivity index is 1.45. The molecule has 7 nitrogen and oxygen atoms in total. The first-order valence-corrected chi connectivity index (χ1v) is 10.2. The van der Waals surface area contributed by atoms with Crippen molar-refractivity contribution in [2.45, 2.75) is 26.3 Å². The first-order valence-electron chi connectivity index (χ1n) is 10.2. The quantitative estimate of drug-likeness (QED) is 0.659. The standard InChI is InChI=1S/C23H23FN4O3/c1-2-31-17-9-7-16(8-10-17)25-23(30)28-12-11-20-18(14-28)22(29)27-21(26-20)13-15-5-3-4-6-19(15)24/h3-10H,2,11-14H2,1H3,(H,25,30)(H,26,27,29). The van der Waals surface area contributed by atoms with Gasteiger partial charge in [-0.3, -0.25) is 4.79 Å². The zero-order chi connectivity index (χ0) is 21.8. The average Bonchev–Trinajstić information content (AvgIpc) is 2.77. The van der Waals surface area contributed by atoms with Gasteiger partial charge in [-0.1, -0.05) is 18.2 Å². The smallest absolute Gasteiger partial charge is 0.322 e. The molecule has 2 aromatic carbocycles. The third-order valence-electron chi connectivity index (χ3n) is 5.14. The highest BCUT2D eigenvalue weighted by atomic mass is 19.1. The minimum atomic E-state index is -0.333. The number of urea groups is 1. The summed E-state index contributed by atoms with van der Waals surface area (Å²) in [6.07, 6.45) is 0.664. The van der Waals surface area contributed by atoms with Crippen LogP contribution < -0.4 is 15.6 Å². The topological polar surface area (TPSA) is 87.3 Å². The van der Waals surface area contributed by atoms with Crippen molar-refractivity contribution in [2.75, 3.05) is 18.5 Å². The van der Waals surface area contributed by atoms with Gasteiger partial charge in [-0.25, -0.2) is 14.2 Å². The van der Waals surface area contributed by atoms with Crippen molar-refractivity contribution in [3.8, 4) is 5.75 Å². The van der Waals surface area contributed by atoms with Gasteiger partial charge in [-0.15, -0.1) is 0 Å². The molecule has 2 N–H and O–H groups in total. The highest BCUT2D eigenvalue weighted by Crippen LogP contribution is 2.19. The molecule has 4 rings (SSSR count). The van der Waals surface area contributed by atoms with E-state index < -0.39 is 0 Å². The fourth-order valence-corrected chi connectivity index (χ4v) is 3.56. The molecule has 8 heteroatoms. The Bertz CT molecular complexity index is 1140. The van der Waals surface area contributed by atoms with Crippen molar-refractivity contribution in [1.29, 1.82) is 0 Å². The van der Waals surface area contributed by atoms with Crippen LogP contribution in [0.15, 0.2) is 53.3 Å². The summed E-state index contributed by atoms with van der Waals surface area (Å²) in [5.74, 6) is 0.817. The van der Waals surface area contributed by atoms with Gasteiger partial charge in [0.25, 0.3) is 5.56 Å². The van der Waals surface area contributed by atoms with Gasteiger partial charge >= 0.3 is 6.03 Å². The fraction of sp³-hybridized carbons (Fsp3) is 0.261. The predicted molar refractivity (Wildman–Crippen MR) is 115 cm³/mol. The van der Waals surface area contributed by atoms with E-state index in [2.05, 4.69) is 15.3 Å². The molecule has 31 heavy (non-hydrogen) atoms. The number of rotatable bonds is 5. The Labute approximate surface area is 178 Å². The molecule has 0 unspecified atom stereocenters. The molecule has 0 spiro atoms. The second kappa shape index (κ2) is 8.99. The number of ether oxygens (including phenoxy) is 1. The summed E-state index contributed by atoms with van der Waals surface area (Å²) < 4.78 is 19.3. The van der Waals surface area contributed by atoms with E-state index in [1.165, 1.54) is 6.07 Å². The van der Waals surface area contributed by atoms with E-state index in [1.807, 2.05) is 6.92 Å². The first kappa shape index (κ1) is 20.6. The molecule has 2 heterocycles. The number of nitrogens with zero attached hydrogens (tertiary/aromatic N) is 2. The minimum absolute atomic E-state index is 0.167.